The molecule has 0 aliphatic carbocycles. The Bertz CT molecular complexity index is 191. The number of hydrogen-bond acceptors (Lipinski definition) is 2. The smallest absolute Gasteiger partial charge is 0.0244 e. The van der Waals surface area contributed by atoms with Crippen LogP contribution in [0.3, 0.4) is 0 Å². The zero-order valence-corrected chi connectivity index (χ0v) is 12.3. The highest BCUT2D eigenvalue weighted by molar-refractivity contribution is 4.87. The third-order valence-electron chi connectivity index (χ3n) is 4.00. The van der Waals surface area contributed by atoms with Crippen LogP contribution in [0, 0.1) is 5.92 Å². The lowest BCUT2D eigenvalue weighted by Crippen LogP contribution is -2.58. The van der Waals surface area contributed by atoms with Crippen LogP contribution in [-0.2, 0) is 0 Å². The normalized spacial score (nSPS) is 26.6. The summed E-state index contributed by atoms with van der Waals surface area (Å²) in [4.78, 5) is 2.75. The van der Waals surface area contributed by atoms with E-state index in [2.05, 4.69) is 37.9 Å². The molecule has 1 heterocycles. The first-order chi connectivity index (χ1) is 8.19. The first-order valence-electron chi connectivity index (χ1n) is 7.66. The molecule has 2 nitrogen and oxygen atoms in total. The minimum atomic E-state index is 0.733. The van der Waals surface area contributed by atoms with E-state index in [1.807, 2.05) is 0 Å². The summed E-state index contributed by atoms with van der Waals surface area (Å²) in [6, 6.07) is 1.48. The summed E-state index contributed by atoms with van der Waals surface area (Å²) in [5, 5.41) is 3.73. The summed E-state index contributed by atoms with van der Waals surface area (Å²) < 4.78 is 0. The zero-order valence-electron chi connectivity index (χ0n) is 12.3. The molecule has 102 valence electrons. The fourth-order valence-electron chi connectivity index (χ4n) is 2.92. The average Bonchev–Trinajstić information content (AvgIpc) is 2.30. The maximum Gasteiger partial charge on any atom is 0.0244 e. The molecule has 2 unspecified atom stereocenters. The van der Waals surface area contributed by atoms with Crippen molar-refractivity contribution in [2.75, 3.05) is 19.6 Å². The van der Waals surface area contributed by atoms with Crippen molar-refractivity contribution in [1.82, 2.24) is 10.2 Å². The highest BCUT2D eigenvalue weighted by Gasteiger charge is 2.28. The molecule has 0 aromatic heterocycles. The Kier molecular flexibility index (Phi) is 7.14. The molecule has 0 saturated carbocycles. The fraction of sp³-hybridized carbons (Fsp3) is 1.00. The van der Waals surface area contributed by atoms with Crippen molar-refractivity contribution in [2.45, 2.75) is 71.9 Å². The SMILES string of the molecule is CCCCCN1CC(CCC)NCC1C(C)C. The molecule has 0 amide bonds. The van der Waals surface area contributed by atoms with Gasteiger partial charge in [0.25, 0.3) is 0 Å². The molecule has 0 aromatic rings. The minimum absolute atomic E-state index is 0.733. The molecule has 0 spiro atoms. The molecular formula is C15H32N2. The van der Waals surface area contributed by atoms with E-state index in [-0.39, 0.29) is 0 Å². The Morgan fingerprint density at radius 1 is 1.18 bits per heavy atom. The molecule has 0 bridgehead atoms. The number of piperazine rings is 1. The van der Waals surface area contributed by atoms with Gasteiger partial charge in [0.15, 0.2) is 0 Å². The van der Waals surface area contributed by atoms with Crippen LogP contribution in [0.4, 0.5) is 0 Å². The lowest BCUT2D eigenvalue weighted by molar-refractivity contribution is 0.0938. The van der Waals surface area contributed by atoms with Crippen LogP contribution in [0.5, 0.6) is 0 Å². The van der Waals surface area contributed by atoms with Crippen molar-refractivity contribution < 1.29 is 0 Å². The molecule has 0 aromatic carbocycles. The van der Waals surface area contributed by atoms with Crippen LogP contribution in [0.25, 0.3) is 0 Å². The van der Waals surface area contributed by atoms with Gasteiger partial charge in [0.05, 0.1) is 0 Å². The van der Waals surface area contributed by atoms with Crippen LogP contribution in [0.1, 0.15) is 59.8 Å². The quantitative estimate of drug-likeness (QED) is 0.687. The van der Waals surface area contributed by atoms with Crippen molar-refractivity contribution in [3.63, 3.8) is 0 Å². The number of unbranched alkanes of at least 4 members (excludes halogenated alkanes) is 2. The average molecular weight is 240 g/mol. The zero-order chi connectivity index (χ0) is 12.7. The topological polar surface area (TPSA) is 15.3 Å². The van der Waals surface area contributed by atoms with Crippen molar-refractivity contribution in [2.24, 2.45) is 5.92 Å². The summed E-state index contributed by atoms with van der Waals surface area (Å²) in [5.74, 6) is 0.770. The van der Waals surface area contributed by atoms with Crippen LogP contribution >= 0.6 is 0 Å². The number of nitrogens with one attached hydrogen (secondary N) is 1. The Labute approximate surface area is 108 Å². The van der Waals surface area contributed by atoms with Gasteiger partial charge in [-0.1, -0.05) is 47.0 Å². The summed E-state index contributed by atoms with van der Waals surface area (Å²) in [7, 11) is 0. The Morgan fingerprint density at radius 3 is 2.53 bits per heavy atom. The van der Waals surface area contributed by atoms with Gasteiger partial charge in [0, 0.05) is 25.2 Å². The summed E-state index contributed by atoms with van der Waals surface area (Å²) in [6.07, 6.45) is 6.71. The van der Waals surface area contributed by atoms with E-state index in [1.165, 1.54) is 51.7 Å². The maximum absolute atomic E-state index is 3.73. The van der Waals surface area contributed by atoms with Gasteiger partial charge in [-0.05, 0) is 25.3 Å². The van der Waals surface area contributed by atoms with E-state index in [4.69, 9.17) is 0 Å². The van der Waals surface area contributed by atoms with Crippen molar-refractivity contribution in [3.05, 3.63) is 0 Å². The molecule has 1 aliphatic rings. The van der Waals surface area contributed by atoms with Crippen LogP contribution in [0.2, 0.25) is 0 Å². The van der Waals surface area contributed by atoms with E-state index in [9.17, 15) is 0 Å². The van der Waals surface area contributed by atoms with E-state index in [1.54, 1.807) is 0 Å². The van der Waals surface area contributed by atoms with Gasteiger partial charge in [0.2, 0.25) is 0 Å². The summed E-state index contributed by atoms with van der Waals surface area (Å²) >= 11 is 0. The lowest BCUT2D eigenvalue weighted by atomic mass is 9.96. The molecule has 1 aliphatic heterocycles. The standard InChI is InChI=1S/C15H32N2/c1-5-7-8-10-17-12-14(9-6-2)16-11-15(17)13(3)4/h13-16H,5-12H2,1-4H3. The Balaban J connectivity index is 2.44. The predicted octanol–water partition coefficient (Wildman–Crippen LogP) is 3.28. The minimum Gasteiger partial charge on any atom is -0.311 e. The first kappa shape index (κ1) is 15.0. The second-order valence-electron chi connectivity index (χ2n) is 5.91. The molecule has 1 saturated heterocycles. The van der Waals surface area contributed by atoms with Gasteiger partial charge in [-0.15, -0.1) is 0 Å². The van der Waals surface area contributed by atoms with Crippen molar-refractivity contribution >= 4 is 0 Å². The molecule has 1 rings (SSSR count). The maximum atomic E-state index is 3.73. The van der Waals surface area contributed by atoms with E-state index < -0.39 is 0 Å². The highest BCUT2D eigenvalue weighted by atomic mass is 15.2. The van der Waals surface area contributed by atoms with Crippen LogP contribution in [-0.4, -0.2) is 36.6 Å². The van der Waals surface area contributed by atoms with Crippen LogP contribution in [0.15, 0.2) is 0 Å². The largest absolute Gasteiger partial charge is 0.311 e. The Hall–Kier alpha value is -0.0800. The molecular weight excluding hydrogens is 208 g/mol. The van der Waals surface area contributed by atoms with Gasteiger partial charge in [0.1, 0.15) is 0 Å². The molecule has 2 atom stereocenters. The third kappa shape index (κ3) is 4.97. The van der Waals surface area contributed by atoms with Gasteiger partial charge < -0.3 is 5.32 Å². The van der Waals surface area contributed by atoms with E-state index >= 15 is 0 Å². The number of nitrogens with zero attached hydrogens (tertiary/aromatic N) is 1. The second-order valence-corrected chi connectivity index (χ2v) is 5.91. The molecule has 1 fully saturated rings. The molecule has 0 radical (unpaired) electrons. The monoisotopic (exact) mass is 240 g/mol. The van der Waals surface area contributed by atoms with Gasteiger partial charge in [-0.3, -0.25) is 4.90 Å². The lowest BCUT2D eigenvalue weighted by Gasteiger charge is -2.42. The molecule has 17 heavy (non-hydrogen) atoms. The van der Waals surface area contributed by atoms with Gasteiger partial charge in [-0.2, -0.15) is 0 Å². The van der Waals surface area contributed by atoms with E-state index in [0.29, 0.717) is 0 Å². The van der Waals surface area contributed by atoms with Crippen LogP contribution < -0.4 is 5.32 Å². The van der Waals surface area contributed by atoms with Crippen molar-refractivity contribution in [3.8, 4) is 0 Å². The predicted molar refractivity (Wildman–Crippen MR) is 76.4 cm³/mol. The first-order valence-corrected chi connectivity index (χ1v) is 7.66. The number of rotatable bonds is 7. The fourth-order valence-corrected chi connectivity index (χ4v) is 2.92. The summed E-state index contributed by atoms with van der Waals surface area (Å²) in [5.41, 5.74) is 0. The van der Waals surface area contributed by atoms with Gasteiger partial charge >= 0.3 is 0 Å². The molecule has 1 N–H and O–H groups in total. The highest BCUT2D eigenvalue weighted by Crippen LogP contribution is 2.17. The Morgan fingerprint density at radius 2 is 1.94 bits per heavy atom. The summed E-state index contributed by atoms with van der Waals surface area (Å²) in [6.45, 7) is 13.1. The third-order valence-corrected chi connectivity index (χ3v) is 4.00. The van der Waals surface area contributed by atoms with Crippen molar-refractivity contribution in [1.29, 1.82) is 0 Å². The van der Waals surface area contributed by atoms with Gasteiger partial charge in [-0.25, -0.2) is 0 Å². The van der Waals surface area contributed by atoms with E-state index in [0.717, 1.165) is 18.0 Å². The number of hydrogen-bond donors (Lipinski definition) is 1. The second kappa shape index (κ2) is 8.10. The molecule has 2 heteroatoms.